The Morgan fingerprint density at radius 3 is 2.00 bits per heavy atom. The fourth-order valence-corrected chi connectivity index (χ4v) is 5.29. The highest BCUT2D eigenvalue weighted by Crippen LogP contribution is 2.58. The lowest BCUT2D eigenvalue weighted by Gasteiger charge is -2.52. The van der Waals surface area contributed by atoms with Crippen molar-refractivity contribution in [3.8, 4) is 0 Å². The van der Waals surface area contributed by atoms with Crippen molar-refractivity contribution in [2.45, 2.75) is 70.3 Å². The molecule has 0 amide bonds. The minimum atomic E-state index is -0.846. The summed E-state index contributed by atoms with van der Waals surface area (Å²) in [5, 5.41) is 0. The van der Waals surface area contributed by atoms with Crippen molar-refractivity contribution in [1.82, 2.24) is 0 Å². The number of rotatable bonds is 1. The van der Waals surface area contributed by atoms with Crippen LogP contribution < -0.4 is 0 Å². The van der Waals surface area contributed by atoms with Crippen molar-refractivity contribution in [3.63, 3.8) is 0 Å². The summed E-state index contributed by atoms with van der Waals surface area (Å²) < 4.78 is 6.07. The van der Waals surface area contributed by atoms with E-state index in [-0.39, 0.29) is 11.8 Å². The zero-order chi connectivity index (χ0) is 16.6. The smallest absolute Gasteiger partial charge is 0.320 e. The maximum absolute atomic E-state index is 13.8. The van der Waals surface area contributed by atoms with E-state index in [0.717, 1.165) is 50.5 Å². The van der Waals surface area contributed by atoms with Crippen LogP contribution in [-0.2, 0) is 14.3 Å². The molecule has 0 bridgehead atoms. The summed E-state index contributed by atoms with van der Waals surface area (Å²) in [6.45, 7) is 0. The van der Waals surface area contributed by atoms with Gasteiger partial charge in [0.25, 0.3) is 0 Å². The monoisotopic (exact) mass is 326 g/mol. The average Bonchev–Trinajstić information content (AvgIpc) is 2.66. The number of esters is 1. The molecule has 2 saturated carbocycles. The number of carbonyl (C=O) groups excluding carboxylic acids is 2. The van der Waals surface area contributed by atoms with E-state index in [0.29, 0.717) is 12.8 Å². The zero-order valence-electron chi connectivity index (χ0n) is 14.3. The van der Waals surface area contributed by atoms with Crippen LogP contribution in [0.2, 0.25) is 0 Å². The molecule has 2 spiro atoms. The molecule has 3 aliphatic rings. The third-order valence-corrected chi connectivity index (χ3v) is 6.56. The number of Topliss-reactive ketones (excluding diaryl/α,β-unsaturated/α-hetero) is 1. The number of carbonyl (C=O) groups is 2. The summed E-state index contributed by atoms with van der Waals surface area (Å²) in [4.78, 5) is 26.7. The van der Waals surface area contributed by atoms with Gasteiger partial charge in [0.1, 0.15) is 11.5 Å². The molecular weight excluding hydrogens is 300 g/mol. The molecule has 0 N–H and O–H groups in total. The van der Waals surface area contributed by atoms with E-state index in [1.807, 2.05) is 30.3 Å². The minimum absolute atomic E-state index is 0.208. The lowest BCUT2D eigenvalue weighted by atomic mass is 9.55. The van der Waals surface area contributed by atoms with E-state index < -0.39 is 16.9 Å². The maximum atomic E-state index is 13.8. The van der Waals surface area contributed by atoms with E-state index in [9.17, 15) is 9.59 Å². The SMILES string of the molecule is O=C1O[C@@H](c2ccccc2)C2(CCCCC2)C(=O)C12CCCCC2. The third-order valence-electron chi connectivity index (χ3n) is 6.56. The summed E-state index contributed by atoms with van der Waals surface area (Å²) >= 11 is 0. The second-order valence-electron chi connectivity index (χ2n) is 7.88. The van der Waals surface area contributed by atoms with Crippen LogP contribution in [0.15, 0.2) is 30.3 Å². The molecule has 1 aliphatic heterocycles. The summed E-state index contributed by atoms with van der Waals surface area (Å²) in [6, 6.07) is 9.90. The standard InChI is InChI=1S/C21H26O3/c22-18-20(12-6-2-7-13-20)17(16-10-4-1-5-11-16)24-19(23)21(18)14-8-3-9-15-21/h1,4-5,10-11,17H,2-3,6-9,12-15H2/t17-/m0/s1. The fraction of sp³-hybridized carbons (Fsp3) is 0.619. The lowest BCUT2D eigenvalue weighted by Crippen LogP contribution is -2.58. The summed E-state index contributed by atoms with van der Waals surface area (Å²) in [5.41, 5.74) is -0.363. The van der Waals surface area contributed by atoms with Gasteiger partial charge in [-0.05, 0) is 31.2 Å². The number of ether oxygens (including phenoxy) is 1. The van der Waals surface area contributed by atoms with Crippen LogP contribution in [0.3, 0.4) is 0 Å². The fourth-order valence-electron chi connectivity index (χ4n) is 5.29. The topological polar surface area (TPSA) is 43.4 Å². The third kappa shape index (κ3) is 2.24. The van der Waals surface area contributed by atoms with Gasteiger partial charge in [-0.2, -0.15) is 0 Å². The maximum Gasteiger partial charge on any atom is 0.320 e. The van der Waals surface area contributed by atoms with Crippen LogP contribution in [0.4, 0.5) is 0 Å². The molecule has 4 rings (SSSR count). The van der Waals surface area contributed by atoms with Gasteiger partial charge in [0, 0.05) is 0 Å². The predicted octanol–water partition coefficient (Wildman–Crippen LogP) is 4.75. The molecule has 3 nitrogen and oxygen atoms in total. The van der Waals surface area contributed by atoms with Crippen LogP contribution in [0.1, 0.15) is 75.9 Å². The van der Waals surface area contributed by atoms with E-state index in [4.69, 9.17) is 4.74 Å². The number of ketones is 1. The molecule has 1 heterocycles. The number of hydrogen-bond acceptors (Lipinski definition) is 3. The molecule has 1 aromatic rings. The van der Waals surface area contributed by atoms with Crippen molar-refractivity contribution < 1.29 is 14.3 Å². The minimum Gasteiger partial charge on any atom is -0.456 e. The Morgan fingerprint density at radius 2 is 1.38 bits per heavy atom. The van der Waals surface area contributed by atoms with Gasteiger partial charge in [0.2, 0.25) is 0 Å². The van der Waals surface area contributed by atoms with Crippen LogP contribution >= 0.6 is 0 Å². The molecule has 2 aliphatic carbocycles. The molecule has 128 valence electrons. The highest BCUT2D eigenvalue weighted by molar-refractivity contribution is 6.09. The quantitative estimate of drug-likeness (QED) is 0.552. The highest BCUT2D eigenvalue weighted by Gasteiger charge is 2.63. The Labute approximate surface area is 143 Å². The Kier molecular flexibility index (Phi) is 3.98. The molecule has 1 aromatic carbocycles. The van der Waals surface area contributed by atoms with E-state index in [1.54, 1.807) is 0 Å². The van der Waals surface area contributed by atoms with Crippen LogP contribution in [0, 0.1) is 10.8 Å². The Morgan fingerprint density at radius 1 is 0.792 bits per heavy atom. The first-order chi connectivity index (χ1) is 11.7. The van der Waals surface area contributed by atoms with Gasteiger partial charge in [-0.15, -0.1) is 0 Å². The van der Waals surface area contributed by atoms with Crippen LogP contribution in [-0.4, -0.2) is 11.8 Å². The highest BCUT2D eigenvalue weighted by atomic mass is 16.5. The van der Waals surface area contributed by atoms with Crippen LogP contribution in [0.25, 0.3) is 0 Å². The molecule has 3 heteroatoms. The molecule has 0 unspecified atom stereocenters. The van der Waals surface area contributed by atoms with Crippen molar-refractivity contribution in [3.05, 3.63) is 35.9 Å². The number of benzene rings is 1. The van der Waals surface area contributed by atoms with Gasteiger partial charge >= 0.3 is 5.97 Å². The first-order valence-corrected chi connectivity index (χ1v) is 9.50. The largest absolute Gasteiger partial charge is 0.456 e. The first-order valence-electron chi connectivity index (χ1n) is 9.50. The molecular formula is C21H26O3. The van der Waals surface area contributed by atoms with E-state index >= 15 is 0 Å². The molecule has 24 heavy (non-hydrogen) atoms. The zero-order valence-corrected chi connectivity index (χ0v) is 14.3. The molecule has 0 radical (unpaired) electrons. The first kappa shape index (κ1) is 15.9. The van der Waals surface area contributed by atoms with Crippen molar-refractivity contribution in [2.24, 2.45) is 10.8 Å². The van der Waals surface area contributed by atoms with E-state index in [1.165, 1.54) is 6.42 Å². The number of hydrogen-bond donors (Lipinski definition) is 0. The molecule has 1 saturated heterocycles. The Balaban J connectivity index is 1.79. The van der Waals surface area contributed by atoms with Gasteiger partial charge < -0.3 is 4.74 Å². The summed E-state index contributed by atoms with van der Waals surface area (Å²) in [6.07, 6.45) is 9.05. The van der Waals surface area contributed by atoms with Crippen molar-refractivity contribution in [2.75, 3.05) is 0 Å². The second-order valence-corrected chi connectivity index (χ2v) is 7.88. The van der Waals surface area contributed by atoms with E-state index in [2.05, 4.69) is 0 Å². The molecule has 3 fully saturated rings. The van der Waals surface area contributed by atoms with Crippen molar-refractivity contribution >= 4 is 11.8 Å². The van der Waals surface area contributed by atoms with Crippen molar-refractivity contribution in [1.29, 1.82) is 0 Å². The van der Waals surface area contributed by atoms with Gasteiger partial charge in [-0.1, -0.05) is 68.9 Å². The summed E-state index contributed by atoms with van der Waals surface area (Å²) in [7, 11) is 0. The van der Waals surface area contributed by atoms with Gasteiger partial charge in [-0.25, -0.2) is 0 Å². The second kappa shape index (κ2) is 6.02. The normalized spacial score (nSPS) is 28.8. The molecule has 0 aromatic heterocycles. The van der Waals surface area contributed by atoms with Gasteiger partial charge in [0.05, 0.1) is 5.41 Å². The Hall–Kier alpha value is -1.64. The van der Waals surface area contributed by atoms with Gasteiger partial charge in [-0.3, -0.25) is 9.59 Å². The lowest BCUT2D eigenvalue weighted by molar-refractivity contribution is -0.198. The number of cyclic esters (lactones) is 1. The average molecular weight is 326 g/mol. The van der Waals surface area contributed by atoms with Crippen LogP contribution in [0.5, 0.6) is 0 Å². The summed E-state index contributed by atoms with van der Waals surface area (Å²) in [5.74, 6) is -0.0447. The predicted molar refractivity (Wildman–Crippen MR) is 91.3 cm³/mol. The van der Waals surface area contributed by atoms with Gasteiger partial charge in [0.15, 0.2) is 5.78 Å². The Bertz CT molecular complexity index is 622. The molecule has 1 atom stereocenters.